The van der Waals surface area contributed by atoms with Gasteiger partial charge in [-0.1, -0.05) is 23.7 Å². The number of rotatable bonds is 5. The molecule has 3 heterocycles. The van der Waals surface area contributed by atoms with Gasteiger partial charge >= 0.3 is 0 Å². The topological polar surface area (TPSA) is 94.1 Å². The van der Waals surface area contributed by atoms with Gasteiger partial charge in [-0.05, 0) is 42.0 Å². The smallest absolute Gasteiger partial charge is 0.274 e. The van der Waals surface area contributed by atoms with Crippen LogP contribution < -0.4 is 14.8 Å². The van der Waals surface area contributed by atoms with Crippen molar-refractivity contribution in [2.45, 2.75) is 6.54 Å². The molecule has 0 fully saturated rings. The van der Waals surface area contributed by atoms with Crippen molar-refractivity contribution in [3.05, 3.63) is 77.1 Å². The lowest BCUT2D eigenvalue weighted by Crippen LogP contribution is -2.13. The minimum atomic E-state index is -0.328. The molecular weight excluding hydrogens is 406 g/mol. The summed E-state index contributed by atoms with van der Waals surface area (Å²) < 4.78 is 12.4. The van der Waals surface area contributed by atoms with Crippen LogP contribution in [0.25, 0.3) is 11.3 Å². The zero-order valence-corrected chi connectivity index (χ0v) is 16.4. The predicted molar refractivity (Wildman–Crippen MR) is 111 cm³/mol. The second-order valence-electron chi connectivity index (χ2n) is 6.71. The fraction of sp³-hybridized carbons (Fsp3) is 0.0952. The normalized spacial score (nSPS) is 12.2. The lowest BCUT2D eigenvalue weighted by Gasteiger charge is -2.02. The van der Waals surface area contributed by atoms with Gasteiger partial charge in [0.25, 0.3) is 5.91 Å². The third-order valence-corrected chi connectivity index (χ3v) is 4.88. The van der Waals surface area contributed by atoms with Crippen LogP contribution in [0.1, 0.15) is 16.1 Å². The Morgan fingerprint density at radius 1 is 1.10 bits per heavy atom. The van der Waals surface area contributed by atoms with Crippen molar-refractivity contribution in [3.63, 3.8) is 0 Å². The van der Waals surface area contributed by atoms with E-state index < -0.39 is 0 Å². The van der Waals surface area contributed by atoms with Gasteiger partial charge in [-0.25, -0.2) is 0 Å². The number of anilines is 1. The Morgan fingerprint density at radius 2 is 1.93 bits per heavy atom. The standard InChI is InChI=1S/C21H16ClN5O3/c22-15-4-1-13(2-5-15)11-27-8-7-20(26-27)23-21(28)17-10-16(24-25-17)14-3-6-18-19(9-14)30-12-29-18/h1-10H,11-12H2,(H,24,25)(H,23,26,28). The van der Waals surface area contributed by atoms with E-state index in [4.69, 9.17) is 21.1 Å². The Hall–Kier alpha value is -3.78. The van der Waals surface area contributed by atoms with Gasteiger partial charge in [-0.3, -0.25) is 14.6 Å². The minimum Gasteiger partial charge on any atom is -0.454 e. The second-order valence-corrected chi connectivity index (χ2v) is 7.15. The molecule has 2 aromatic carbocycles. The Labute approximate surface area is 176 Å². The van der Waals surface area contributed by atoms with Gasteiger partial charge in [0.15, 0.2) is 17.3 Å². The zero-order chi connectivity index (χ0) is 20.5. The first kappa shape index (κ1) is 18.3. The zero-order valence-electron chi connectivity index (χ0n) is 15.6. The molecule has 1 aliphatic rings. The van der Waals surface area contributed by atoms with E-state index in [0.29, 0.717) is 40.3 Å². The van der Waals surface area contributed by atoms with E-state index >= 15 is 0 Å². The van der Waals surface area contributed by atoms with Crippen LogP contribution in [-0.4, -0.2) is 32.7 Å². The summed E-state index contributed by atoms with van der Waals surface area (Å²) >= 11 is 5.91. The first-order valence-electron chi connectivity index (χ1n) is 9.19. The van der Waals surface area contributed by atoms with Crippen molar-refractivity contribution >= 4 is 23.3 Å². The van der Waals surface area contributed by atoms with Crippen LogP contribution in [0.2, 0.25) is 5.02 Å². The molecule has 1 amide bonds. The van der Waals surface area contributed by atoms with Crippen LogP contribution in [0.5, 0.6) is 11.5 Å². The van der Waals surface area contributed by atoms with Crippen molar-refractivity contribution in [1.82, 2.24) is 20.0 Å². The van der Waals surface area contributed by atoms with E-state index in [9.17, 15) is 4.79 Å². The molecule has 0 saturated heterocycles. The number of H-pyrrole nitrogens is 1. The molecule has 9 heteroatoms. The number of hydrogen-bond acceptors (Lipinski definition) is 5. The number of carbonyl (C=O) groups is 1. The quantitative estimate of drug-likeness (QED) is 0.508. The van der Waals surface area contributed by atoms with Crippen molar-refractivity contribution in [3.8, 4) is 22.8 Å². The average Bonchev–Trinajstić information content (AvgIpc) is 3.50. The number of aromatic amines is 1. The van der Waals surface area contributed by atoms with Crippen molar-refractivity contribution < 1.29 is 14.3 Å². The molecule has 2 aromatic heterocycles. The summed E-state index contributed by atoms with van der Waals surface area (Å²) in [5.41, 5.74) is 2.84. The van der Waals surface area contributed by atoms with E-state index in [-0.39, 0.29) is 12.7 Å². The van der Waals surface area contributed by atoms with Gasteiger partial charge in [0.2, 0.25) is 6.79 Å². The molecule has 0 atom stereocenters. The van der Waals surface area contributed by atoms with E-state index in [0.717, 1.165) is 11.1 Å². The lowest BCUT2D eigenvalue weighted by atomic mass is 10.1. The number of nitrogens with one attached hydrogen (secondary N) is 2. The number of nitrogens with zero attached hydrogens (tertiary/aromatic N) is 3. The highest BCUT2D eigenvalue weighted by atomic mass is 35.5. The number of amides is 1. The maximum atomic E-state index is 12.6. The number of hydrogen-bond donors (Lipinski definition) is 2. The molecule has 2 N–H and O–H groups in total. The third kappa shape index (κ3) is 3.72. The SMILES string of the molecule is O=C(Nc1ccn(Cc2ccc(Cl)cc2)n1)c1cc(-c2ccc3c(c2)OCO3)n[nH]1. The summed E-state index contributed by atoms with van der Waals surface area (Å²) in [6.07, 6.45) is 1.80. The average molecular weight is 422 g/mol. The highest BCUT2D eigenvalue weighted by molar-refractivity contribution is 6.30. The Balaban J connectivity index is 1.26. The molecule has 0 radical (unpaired) electrons. The largest absolute Gasteiger partial charge is 0.454 e. The van der Waals surface area contributed by atoms with Crippen molar-refractivity contribution in [1.29, 1.82) is 0 Å². The molecule has 0 spiro atoms. The minimum absolute atomic E-state index is 0.206. The van der Waals surface area contributed by atoms with Gasteiger partial charge in [-0.15, -0.1) is 0 Å². The fourth-order valence-corrected chi connectivity index (χ4v) is 3.24. The van der Waals surface area contributed by atoms with Gasteiger partial charge in [0.05, 0.1) is 12.2 Å². The van der Waals surface area contributed by atoms with Crippen LogP contribution in [0.4, 0.5) is 5.82 Å². The highest BCUT2D eigenvalue weighted by Gasteiger charge is 2.17. The van der Waals surface area contributed by atoms with E-state index in [1.54, 1.807) is 23.0 Å². The first-order chi connectivity index (χ1) is 14.6. The van der Waals surface area contributed by atoms with Crippen LogP contribution in [0.3, 0.4) is 0 Å². The highest BCUT2D eigenvalue weighted by Crippen LogP contribution is 2.35. The summed E-state index contributed by atoms with van der Waals surface area (Å²) in [6.45, 7) is 0.781. The Morgan fingerprint density at radius 3 is 2.80 bits per heavy atom. The third-order valence-electron chi connectivity index (χ3n) is 4.63. The van der Waals surface area contributed by atoms with E-state index in [2.05, 4.69) is 20.6 Å². The maximum absolute atomic E-state index is 12.6. The van der Waals surface area contributed by atoms with Gasteiger partial charge < -0.3 is 14.8 Å². The molecule has 0 bridgehead atoms. The number of benzene rings is 2. The van der Waals surface area contributed by atoms with Crippen molar-refractivity contribution in [2.24, 2.45) is 0 Å². The number of carbonyl (C=O) groups excluding carboxylic acids is 1. The summed E-state index contributed by atoms with van der Waals surface area (Å²) in [5.74, 6) is 1.48. The maximum Gasteiger partial charge on any atom is 0.274 e. The molecule has 0 aliphatic carbocycles. The first-order valence-corrected chi connectivity index (χ1v) is 9.56. The van der Waals surface area contributed by atoms with Crippen LogP contribution >= 0.6 is 11.6 Å². The molecule has 150 valence electrons. The second kappa shape index (κ2) is 7.57. The van der Waals surface area contributed by atoms with E-state index in [1.807, 2.05) is 42.5 Å². The number of halogens is 1. The fourth-order valence-electron chi connectivity index (χ4n) is 3.12. The summed E-state index contributed by atoms with van der Waals surface area (Å²) in [6, 6.07) is 16.5. The molecule has 5 rings (SSSR count). The lowest BCUT2D eigenvalue weighted by molar-refractivity contribution is 0.102. The molecule has 30 heavy (non-hydrogen) atoms. The summed E-state index contributed by atoms with van der Waals surface area (Å²) in [4.78, 5) is 12.6. The molecule has 0 saturated carbocycles. The number of ether oxygens (including phenoxy) is 2. The van der Waals surface area contributed by atoms with Gasteiger partial charge in [0.1, 0.15) is 5.69 Å². The van der Waals surface area contributed by atoms with Gasteiger partial charge in [-0.2, -0.15) is 10.2 Å². The number of aromatic nitrogens is 4. The van der Waals surface area contributed by atoms with Crippen LogP contribution in [0.15, 0.2) is 60.8 Å². The van der Waals surface area contributed by atoms with Crippen LogP contribution in [0, 0.1) is 0 Å². The Kier molecular flexibility index (Phi) is 4.61. The Bertz CT molecular complexity index is 1220. The number of fused-ring (bicyclic) bond motifs is 1. The molecule has 0 unspecified atom stereocenters. The summed E-state index contributed by atoms with van der Waals surface area (Å²) in [7, 11) is 0. The molecular formula is C21H16ClN5O3. The molecule has 1 aliphatic heterocycles. The van der Waals surface area contributed by atoms with Gasteiger partial charge in [0, 0.05) is 22.8 Å². The molecule has 4 aromatic rings. The molecule has 8 nitrogen and oxygen atoms in total. The monoisotopic (exact) mass is 421 g/mol. The van der Waals surface area contributed by atoms with Crippen LogP contribution in [-0.2, 0) is 6.54 Å². The predicted octanol–water partition coefficient (Wildman–Crippen LogP) is 3.96. The summed E-state index contributed by atoms with van der Waals surface area (Å²) in [5, 5.41) is 14.8. The van der Waals surface area contributed by atoms with E-state index in [1.165, 1.54) is 0 Å². The van der Waals surface area contributed by atoms with Crippen molar-refractivity contribution in [2.75, 3.05) is 12.1 Å².